The van der Waals surface area contributed by atoms with Crippen LogP contribution in [0.25, 0.3) is 10.8 Å². The van der Waals surface area contributed by atoms with Crippen LogP contribution in [0.1, 0.15) is 69.9 Å². The molecule has 4 aromatic carbocycles. The summed E-state index contributed by atoms with van der Waals surface area (Å²) in [6, 6.07) is 27.8. The molecule has 1 unspecified atom stereocenters. The average molecular weight is 774 g/mol. The predicted octanol–water partition coefficient (Wildman–Crippen LogP) is 10.0. The topological polar surface area (TPSA) is 87.1 Å². The highest BCUT2D eigenvalue weighted by Gasteiger charge is 2.74. The molecule has 6 aliphatic rings. The summed E-state index contributed by atoms with van der Waals surface area (Å²) in [4.78, 5) is 30.7. The fourth-order valence-electron chi connectivity index (χ4n) is 12.3. The van der Waals surface area contributed by atoms with Gasteiger partial charge in [-0.3, -0.25) is 4.79 Å². The number of hydrogen-bond acceptors (Lipinski definition) is 5. The normalized spacial score (nSPS) is 34.0. The Morgan fingerprint density at radius 3 is 2.36 bits per heavy atom. The van der Waals surface area contributed by atoms with E-state index in [4.69, 9.17) is 16.3 Å². The molecule has 3 saturated carbocycles. The molecule has 0 saturated heterocycles. The number of halogens is 2. The zero-order valence-corrected chi connectivity index (χ0v) is 32.8. The minimum absolute atomic E-state index is 0.0526. The van der Waals surface area contributed by atoms with Gasteiger partial charge in [-0.25, -0.2) is 9.18 Å². The second-order valence-corrected chi connectivity index (χ2v) is 18.2. The third-order valence-corrected chi connectivity index (χ3v) is 15.6. The third-order valence-electron chi connectivity index (χ3n) is 15.3. The van der Waals surface area contributed by atoms with Gasteiger partial charge in [0.2, 0.25) is 0 Å². The standard InChI is InChI=1S/C48H49ClFNO5/c1-44-20-17-34(52)27-46(44)23-24-48(37(28-46)40(53)26-36-38(49)13-8-14-39(36)50)41(44)18-21-45(2)42(48)19-22-47(45,55)30-51(29-31-9-4-3-5-10-31)43(54)56-35-16-15-32-11-6-7-12-33(32)25-35/h3-16,23-25,28,34,41-42,52,55H,17-22,26-27,29-30H2,1-2H3/t34?,41-,42-,44-,45+,46+,47-,48-/m1/s1. The Kier molecular flexibility index (Phi) is 8.92. The van der Waals surface area contributed by atoms with Gasteiger partial charge >= 0.3 is 6.09 Å². The highest BCUT2D eigenvalue weighted by atomic mass is 35.5. The van der Waals surface area contributed by atoms with Crippen LogP contribution in [0.2, 0.25) is 5.02 Å². The minimum atomic E-state index is -1.30. The van der Waals surface area contributed by atoms with E-state index in [1.165, 1.54) is 6.07 Å². The zero-order valence-electron chi connectivity index (χ0n) is 32.0. The van der Waals surface area contributed by atoms with Gasteiger partial charge in [0.15, 0.2) is 5.78 Å². The Balaban J connectivity index is 1.09. The molecule has 3 fully saturated rings. The second-order valence-electron chi connectivity index (χ2n) is 17.8. The van der Waals surface area contributed by atoms with Crippen molar-refractivity contribution in [3.8, 4) is 5.75 Å². The number of aliphatic hydroxyl groups is 2. The van der Waals surface area contributed by atoms with Gasteiger partial charge in [0.1, 0.15) is 11.6 Å². The van der Waals surface area contributed by atoms with Gasteiger partial charge in [-0.1, -0.05) is 110 Å². The van der Waals surface area contributed by atoms with Gasteiger partial charge in [-0.15, -0.1) is 0 Å². The highest BCUT2D eigenvalue weighted by Crippen LogP contribution is 2.78. The first-order chi connectivity index (χ1) is 26.8. The lowest BCUT2D eigenvalue weighted by atomic mass is 9.32. The number of nitrogens with zero attached hydrogens (tertiary/aromatic N) is 1. The molecule has 2 N–H and O–H groups in total. The molecule has 290 valence electrons. The Hall–Kier alpha value is -4.30. The number of rotatable bonds is 8. The van der Waals surface area contributed by atoms with Crippen molar-refractivity contribution in [2.24, 2.45) is 33.5 Å². The second kappa shape index (κ2) is 13.4. The van der Waals surface area contributed by atoms with Gasteiger partial charge in [-0.2, -0.15) is 0 Å². The van der Waals surface area contributed by atoms with Crippen LogP contribution >= 0.6 is 11.6 Å². The number of carbonyl (C=O) groups is 2. The molecule has 0 radical (unpaired) electrons. The van der Waals surface area contributed by atoms with E-state index in [2.05, 4.69) is 32.1 Å². The van der Waals surface area contributed by atoms with Crippen LogP contribution in [-0.4, -0.2) is 45.2 Å². The number of hydrogen-bond donors (Lipinski definition) is 2. The Morgan fingerprint density at radius 2 is 1.57 bits per heavy atom. The summed E-state index contributed by atoms with van der Waals surface area (Å²) in [6.07, 6.45) is 10.0. The smallest absolute Gasteiger partial charge is 0.410 e. The van der Waals surface area contributed by atoms with E-state index in [9.17, 15) is 19.8 Å². The Labute approximate surface area is 333 Å². The fourth-order valence-corrected chi connectivity index (χ4v) is 12.5. The average Bonchev–Trinajstić information content (AvgIpc) is 3.46. The van der Waals surface area contributed by atoms with E-state index in [1.54, 1.807) is 23.1 Å². The maximum absolute atomic E-state index is 15.2. The lowest BCUT2D eigenvalue weighted by Gasteiger charge is -2.71. The molecular formula is C48H49ClFNO5. The molecule has 4 aromatic rings. The molecule has 6 aliphatic carbocycles. The molecule has 8 atom stereocenters. The van der Waals surface area contributed by atoms with Gasteiger partial charge in [0.25, 0.3) is 0 Å². The first-order valence-corrected chi connectivity index (χ1v) is 20.5. The highest BCUT2D eigenvalue weighted by molar-refractivity contribution is 6.31. The van der Waals surface area contributed by atoms with Gasteiger partial charge in [0.05, 0.1) is 18.2 Å². The Morgan fingerprint density at radius 1 is 0.857 bits per heavy atom. The fraction of sp³-hybridized carbons (Fsp3) is 0.417. The molecule has 2 spiro atoms. The number of ether oxygens (including phenoxy) is 1. The summed E-state index contributed by atoms with van der Waals surface area (Å²) in [5.41, 5.74) is -1.68. The maximum atomic E-state index is 15.2. The number of aliphatic hydroxyl groups excluding tert-OH is 1. The van der Waals surface area contributed by atoms with Crippen molar-refractivity contribution in [3.63, 3.8) is 0 Å². The molecule has 2 bridgehead atoms. The number of ketones is 1. The largest absolute Gasteiger partial charge is 0.415 e. The molecule has 10 rings (SSSR count). The SMILES string of the molecule is C[C@]12CC[C@H]3[C@]4(C=C[C@@]5(C=C4C(=O)Cc4c(F)cccc4Cl)CC(O)CC[C@]35C)[C@@H]1CC[C@@]2(O)CN(Cc1ccccc1)C(=O)Oc1ccc2ccccc2c1. The van der Waals surface area contributed by atoms with Crippen LogP contribution in [0.15, 0.2) is 115 Å². The number of amides is 1. The Bertz CT molecular complexity index is 2270. The van der Waals surface area contributed by atoms with Crippen LogP contribution in [0, 0.1) is 39.3 Å². The van der Waals surface area contributed by atoms with Crippen molar-refractivity contribution in [2.75, 3.05) is 6.54 Å². The molecular weight excluding hydrogens is 725 g/mol. The van der Waals surface area contributed by atoms with Gasteiger partial charge < -0.3 is 19.8 Å². The van der Waals surface area contributed by atoms with E-state index in [0.717, 1.165) is 29.2 Å². The van der Waals surface area contributed by atoms with E-state index in [1.807, 2.05) is 66.7 Å². The first-order valence-electron chi connectivity index (χ1n) is 20.1. The summed E-state index contributed by atoms with van der Waals surface area (Å²) in [5, 5.41) is 26.4. The van der Waals surface area contributed by atoms with E-state index in [0.29, 0.717) is 43.4 Å². The van der Waals surface area contributed by atoms with Crippen molar-refractivity contribution >= 4 is 34.2 Å². The third kappa shape index (κ3) is 5.55. The van der Waals surface area contributed by atoms with Crippen molar-refractivity contribution in [3.05, 3.63) is 137 Å². The minimum Gasteiger partial charge on any atom is -0.410 e. The molecule has 1 amide bonds. The van der Waals surface area contributed by atoms with Crippen molar-refractivity contribution < 1.29 is 28.9 Å². The molecule has 8 heteroatoms. The summed E-state index contributed by atoms with van der Waals surface area (Å²) in [6.45, 7) is 4.79. The molecule has 0 aliphatic heterocycles. The predicted molar refractivity (Wildman–Crippen MR) is 216 cm³/mol. The number of fused-ring (bicyclic) bond motifs is 2. The molecule has 0 heterocycles. The van der Waals surface area contributed by atoms with Crippen molar-refractivity contribution in [1.29, 1.82) is 0 Å². The van der Waals surface area contributed by atoms with Crippen LogP contribution < -0.4 is 4.74 Å². The van der Waals surface area contributed by atoms with Crippen LogP contribution in [0.3, 0.4) is 0 Å². The quantitative estimate of drug-likeness (QED) is 0.174. The van der Waals surface area contributed by atoms with Crippen LogP contribution in [0.4, 0.5) is 9.18 Å². The summed E-state index contributed by atoms with van der Waals surface area (Å²) in [5.74, 6) is -0.312. The number of carbonyl (C=O) groups excluding carboxylic acids is 2. The van der Waals surface area contributed by atoms with Crippen molar-refractivity contribution in [2.45, 2.75) is 83.5 Å². The number of allylic oxidation sites excluding steroid dienone is 4. The molecule has 0 aromatic heterocycles. The van der Waals surface area contributed by atoms with Crippen LogP contribution in [0.5, 0.6) is 5.75 Å². The van der Waals surface area contributed by atoms with Crippen LogP contribution in [-0.2, 0) is 17.8 Å². The maximum Gasteiger partial charge on any atom is 0.415 e. The number of benzene rings is 4. The summed E-state index contributed by atoms with van der Waals surface area (Å²) < 4.78 is 21.3. The first kappa shape index (κ1) is 37.3. The molecule has 56 heavy (non-hydrogen) atoms. The summed E-state index contributed by atoms with van der Waals surface area (Å²) in [7, 11) is 0. The lowest BCUT2D eigenvalue weighted by Crippen LogP contribution is -2.67. The van der Waals surface area contributed by atoms with E-state index >= 15 is 4.39 Å². The monoisotopic (exact) mass is 773 g/mol. The molecule has 6 nitrogen and oxygen atoms in total. The van der Waals surface area contributed by atoms with Crippen molar-refractivity contribution in [1.82, 2.24) is 4.90 Å². The van der Waals surface area contributed by atoms with Gasteiger partial charge in [0, 0.05) is 45.4 Å². The zero-order chi connectivity index (χ0) is 39.1. The van der Waals surface area contributed by atoms with E-state index in [-0.39, 0.29) is 53.1 Å². The lowest BCUT2D eigenvalue weighted by molar-refractivity contribution is -0.178. The van der Waals surface area contributed by atoms with E-state index < -0.39 is 39.9 Å². The summed E-state index contributed by atoms with van der Waals surface area (Å²) >= 11 is 6.50. The van der Waals surface area contributed by atoms with Gasteiger partial charge in [-0.05, 0) is 103 Å². The number of Topliss-reactive ketones (excluding diaryl/α,β-unsaturated/α-hetero) is 1.